The van der Waals surface area contributed by atoms with E-state index in [2.05, 4.69) is 17.1 Å². The predicted octanol–water partition coefficient (Wildman–Crippen LogP) is 2.92. The Morgan fingerprint density at radius 3 is 3.05 bits per heavy atom. The number of amides is 1. The number of hydrogen-bond donors (Lipinski definition) is 2. The second-order valence-electron chi connectivity index (χ2n) is 5.69. The third-order valence-corrected chi connectivity index (χ3v) is 4.48. The van der Waals surface area contributed by atoms with E-state index in [-0.39, 0.29) is 5.91 Å². The first-order chi connectivity index (χ1) is 10.1. The summed E-state index contributed by atoms with van der Waals surface area (Å²) in [6, 6.07) is 5.79. The van der Waals surface area contributed by atoms with Crippen molar-refractivity contribution >= 4 is 23.2 Å². The van der Waals surface area contributed by atoms with E-state index in [0.29, 0.717) is 28.9 Å². The van der Waals surface area contributed by atoms with Crippen LogP contribution in [0.3, 0.4) is 0 Å². The Hall–Kier alpha value is -1.26. The number of carbonyl (C=O) groups is 1. The molecule has 1 aliphatic heterocycles. The number of carbonyl (C=O) groups excluding carboxylic acids is 1. The molecule has 0 radical (unpaired) electrons. The molecule has 1 atom stereocenters. The first-order valence-corrected chi connectivity index (χ1v) is 8.03. The third kappa shape index (κ3) is 4.35. The van der Waals surface area contributed by atoms with Crippen molar-refractivity contribution in [2.75, 3.05) is 25.4 Å². The Morgan fingerprint density at radius 1 is 1.48 bits per heavy atom. The zero-order valence-electron chi connectivity index (χ0n) is 12.6. The van der Waals surface area contributed by atoms with E-state index in [0.717, 1.165) is 13.0 Å². The molecule has 0 aromatic heterocycles. The molecule has 2 rings (SSSR count). The van der Waals surface area contributed by atoms with Gasteiger partial charge in [0, 0.05) is 19.1 Å². The summed E-state index contributed by atoms with van der Waals surface area (Å²) >= 11 is 5.93. The van der Waals surface area contributed by atoms with Crippen LogP contribution >= 0.6 is 11.6 Å². The zero-order chi connectivity index (χ0) is 15.2. The lowest BCUT2D eigenvalue weighted by Crippen LogP contribution is -2.39. The van der Waals surface area contributed by atoms with Gasteiger partial charge < -0.3 is 16.0 Å². The molecule has 0 bridgehead atoms. The number of nitrogen functional groups attached to an aromatic ring is 1. The monoisotopic (exact) mass is 309 g/mol. The summed E-state index contributed by atoms with van der Waals surface area (Å²) in [5, 5.41) is 3.34. The summed E-state index contributed by atoms with van der Waals surface area (Å²) in [6.07, 6.45) is 4.86. The van der Waals surface area contributed by atoms with E-state index < -0.39 is 0 Å². The van der Waals surface area contributed by atoms with Crippen molar-refractivity contribution in [1.82, 2.24) is 10.2 Å². The van der Waals surface area contributed by atoms with Crippen LogP contribution in [0.1, 0.15) is 43.0 Å². The quantitative estimate of drug-likeness (QED) is 0.649. The van der Waals surface area contributed by atoms with E-state index >= 15 is 0 Å². The van der Waals surface area contributed by atoms with Gasteiger partial charge in [-0.15, -0.1) is 0 Å². The molecule has 1 amide bonds. The molecule has 3 N–H and O–H groups in total. The molecule has 116 valence electrons. The number of hydrogen-bond acceptors (Lipinski definition) is 3. The number of halogens is 1. The van der Waals surface area contributed by atoms with Crippen LogP contribution in [0.25, 0.3) is 0 Å². The molecule has 0 spiro atoms. The number of likely N-dealkylation sites (tertiary alicyclic amines) is 1. The summed E-state index contributed by atoms with van der Waals surface area (Å²) in [6.45, 7) is 5.15. The molecule has 1 heterocycles. The normalized spacial score (nSPS) is 19.4. The Balaban J connectivity index is 1.75. The topological polar surface area (TPSA) is 58.4 Å². The van der Waals surface area contributed by atoms with Crippen LogP contribution in [0.15, 0.2) is 18.2 Å². The van der Waals surface area contributed by atoms with E-state index in [9.17, 15) is 4.79 Å². The van der Waals surface area contributed by atoms with E-state index in [4.69, 9.17) is 17.3 Å². The highest BCUT2D eigenvalue weighted by molar-refractivity contribution is 6.33. The Morgan fingerprint density at radius 2 is 2.29 bits per heavy atom. The average Bonchev–Trinajstić information content (AvgIpc) is 2.48. The molecular formula is C16H24ClN3O. The van der Waals surface area contributed by atoms with Crippen molar-refractivity contribution in [3.8, 4) is 0 Å². The van der Waals surface area contributed by atoms with Crippen LogP contribution in [-0.4, -0.2) is 36.5 Å². The lowest BCUT2D eigenvalue weighted by Gasteiger charge is -2.33. The fraction of sp³-hybridized carbons (Fsp3) is 0.562. The van der Waals surface area contributed by atoms with Crippen LogP contribution in [0.4, 0.5) is 5.69 Å². The molecule has 0 aliphatic carbocycles. The minimum absolute atomic E-state index is 0.151. The minimum Gasteiger partial charge on any atom is -0.397 e. The Kier molecular flexibility index (Phi) is 5.88. The molecule has 0 saturated carbocycles. The number of piperidine rings is 1. The highest BCUT2D eigenvalue weighted by Crippen LogP contribution is 2.22. The van der Waals surface area contributed by atoms with Gasteiger partial charge in [-0.3, -0.25) is 4.79 Å². The lowest BCUT2D eigenvalue weighted by atomic mass is 10.0. The van der Waals surface area contributed by atoms with Crippen LogP contribution < -0.4 is 11.1 Å². The van der Waals surface area contributed by atoms with E-state index in [1.54, 1.807) is 18.2 Å². The smallest absolute Gasteiger partial charge is 0.253 e. The van der Waals surface area contributed by atoms with Gasteiger partial charge in [0.2, 0.25) is 0 Å². The molecule has 1 aliphatic rings. The number of nitrogens with one attached hydrogen (secondary N) is 1. The molecule has 1 saturated heterocycles. The molecule has 1 aromatic rings. The highest BCUT2D eigenvalue weighted by Gasteiger charge is 2.17. The number of para-hydroxylation sites is 1. The van der Waals surface area contributed by atoms with Crippen molar-refractivity contribution < 1.29 is 4.79 Å². The van der Waals surface area contributed by atoms with E-state index in [1.165, 1.54) is 25.8 Å². The molecule has 1 fully saturated rings. The summed E-state index contributed by atoms with van der Waals surface area (Å²) in [7, 11) is 0. The van der Waals surface area contributed by atoms with Crippen LogP contribution in [0, 0.1) is 0 Å². The first-order valence-electron chi connectivity index (χ1n) is 7.66. The number of benzene rings is 1. The average molecular weight is 310 g/mol. The van der Waals surface area contributed by atoms with Crippen LogP contribution in [0.2, 0.25) is 5.02 Å². The summed E-state index contributed by atoms with van der Waals surface area (Å²) in [5.41, 5.74) is 6.62. The van der Waals surface area contributed by atoms with Gasteiger partial charge in [0.05, 0.1) is 16.3 Å². The summed E-state index contributed by atoms with van der Waals surface area (Å²) in [4.78, 5) is 14.6. The SMILES string of the molecule is CC1CCCCN1CCCNC(=O)c1cccc(Cl)c1N. The van der Waals surface area contributed by atoms with Crippen LogP contribution in [0.5, 0.6) is 0 Å². The predicted molar refractivity (Wildman–Crippen MR) is 87.7 cm³/mol. The minimum atomic E-state index is -0.151. The summed E-state index contributed by atoms with van der Waals surface area (Å²) in [5.74, 6) is -0.151. The van der Waals surface area contributed by atoms with E-state index in [1.807, 2.05) is 0 Å². The molecule has 1 unspecified atom stereocenters. The van der Waals surface area contributed by atoms with Gasteiger partial charge in [0.1, 0.15) is 0 Å². The second kappa shape index (κ2) is 7.66. The molecule has 21 heavy (non-hydrogen) atoms. The second-order valence-corrected chi connectivity index (χ2v) is 6.10. The standard InChI is InChI=1S/C16H24ClN3O/c1-12-6-2-3-10-20(12)11-5-9-19-16(21)13-7-4-8-14(17)15(13)18/h4,7-8,12H,2-3,5-6,9-11,18H2,1H3,(H,19,21). The van der Waals surface area contributed by atoms with Gasteiger partial charge in [-0.05, 0) is 44.9 Å². The number of anilines is 1. The van der Waals surface area contributed by atoms with Gasteiger partial charge in [0.25, 0.3) is 5.91 Å². The van der Waals surface area contributed by atoms with Crippen molar-refractivity contribution in [3.63, 3.8) is 0 Å². The van der Waals surface area contributed by atoms with Gasteiger partial charge in [0.15, 0.2) is 0 Å². The maximum atomic E-state index is 12.1. The maximum absolute atomic E-state index is 12.1. The number of rotatable bonds is 5. The number of nitrogens with zero attached hydrogens (tertiary/aromatic N) is 1. The third-order valence-electron chi connectivity index (χ3n) is 4.15. The molecule has 5 heteroatoms. The molecule has 4 nitrogen and oxygen atoms in total. The summed E-state index contributed by atoms with van der Waals surface area (Å²) < 4.78 is 0. The van der Waals surface area contributed by atoms with Crippen molar-refractivity contribution in [3.05, 3.63) is 28.8 Å². The Labute approximate surface area is 131 Å². The largest absolute Gasteiger partial charge is 0.397 e. The molecular weight excluding hydrogens is 286 g/mol. The van der Waals surface area contributed by atoms with Gasteiger partial charge in [-0.1, -0.05) is 24.1 Å². The Bertz CT molecular complexity index is 492. The maximum Gasteiger partial charge on any atom is 0.253 e. The lowest BCUT2D eigenvalue weighted by molar-refractivity contribution is 0.0950. The highest BCUT2D eigenvalue weighted by atomic mass is 35.5. The van der Waals surface area contributed by atoms with Crippen molar-refractivity contribution in [2.24, 2.45) is 0 Å². The van der Waals surface area contributed by atoms with Gasteiger partial charge in [-0.25, -0.2) is 0 Å². The molecule has 1 aromatic carbocycles. The van der Waals surface area contributed by atoms with Crippen molar-refractivity contribution in [1.29, 1.82) is 0 Å². The number of nitrogens with two attached hydrogens (primary N) is 1. The first kappa shape index (κ1) is 16.1. The fourth-order valence-corrected chi connectivity index (χ4v) is 2.98. The zero-order valence-corrected chi connectivity index (χ0v) is 13.3. The van der Waals surface area contributed by atoms with Crippen molar-refractivity contribution in [2.45, 2.75) is 38.6 Å². The van der Waals surface area contributed by atoms with Gasteiger partial charge >= 0.3 is 0 Å². The fourth-order valence-electron chi connectivity index (χ4n) is 2.80. The van der Waals surface area contributed by atoms with Gasteiger partial charge in [-0.2, -0.15) is 0 Å². The van der Waals surface area contributed by atoms with Crippen LogP contribution in [-0.2, 0) is 0 Å².